The van der Waals surface area contributed by atoms with Crippen LogP contribution in [-0.4, -0.2) is 3.21 Å². The summed E-state index contributed by atoms with van der Waals surface area (Å²) in [6, 6.07) is 21.8. The van der Waals surface area contributed by atoms with E-state index in [1.807, 2.05) is 3.28 Å². The van der Waals surface area contributed by atoms with Crippen LogP contribution >= 0.6 is 0 Å². The Morgan fingerprint density at radius 3 is 1.89 bits per heavy atom. The van der Waals surface area contributed by atoms with Gasteiger partial charge in [-0.3, -0.25) is 0 Å². The van der Waals surface area contributed by atoms with E-state index >= 15 is 0 Å². The van der Waals surface area contributed by atoms with Crippen molar-refractivity contribution in [3.8, 4) is 11.1 Å². The molecule has 3 heteroatoms. The zero-order chi connectivity index (χ0) is 32.4. The summed E-state index contributed by atoms with van der Waals surface area (Å²) in [6.07, 6.45) is 6.06. The topological polar surface area (TPSA) is 0 Å². The van der Waals surface area contributed by atoms with Gasteiger partial charge in [0.25, 0.3) is 0 Å². The summed E-state index contributed by atoms with van der Waals surface area (Å²) in [5.74, 6) is 0.536. The molecule has 5 rings (SSSR count). The number of hydrogen-bond acceptors (Lipinski definition) is 0. The summed E-state index contributed by atoms with van der Waals surface area (Å²) in [6.45, 7) is 31.2. The summed E-state index contributed by atoms with van der Waals surface area (Å²) in [5, 5.41) is 0. The Morgan fingerprint density at radius 1 is 0.761 bits per heavy atom. The van der Waals surface area contributed by atoms with Crippen LogP contribution in [0.5, 0.6) is 0 Å². The molecule has 3 aromatic rings. The third-order valence-corrected chi connectivity index (χ3v) is 18.3. The predicted molar refractivity (Wildman–Crippen MR) is 191 cm³/mol. The second-order valence-corrected chi connectivity index (χ2v) is 22.8. The molecular weight excluding hydrogens is 679 g/mol. The summed E-state index contributed by atoms with van der Waals surface area (Å²) >= 11 is -2.73. The van der Waals surface area contributed by atoms with Crippen molar-refractivity contribution in [2.24, 2.45) is 11.3 Å². The van der Waals surface area contributed by atoms with Crippen molar-refractivity contribution in [1.29, 1.82) is 0 Å². The molecule has 0 aliphatic heterocycles. The van der Waals surface area contributed by atoms with Crippen LogP contribution in [0.1, 0.15) is 129 Å². The molecule has 246 valence electrons. The smallest absolute Gasteiger partial charge is 1.00 e. The van der Waals surface area contributed by atoms with Crippen molar-refractivity contribution in [3.63, 3.8) is 0 Å². The van der Waals surface area contributed by atoms with Crippen LogP contribution in [0.25, 0.3) is 11.1 Å². The summed E-state index contributed by atoms with van der Waals surface area (Å²) in [7, 11) is 0. The normalized spacial score (nSPS) is 16.3. The van der Waals surface area contributed by atoms with Crippen LogP contribution in [0.2, 0.25) is 0 Å². The first-order chi connectivity index (χ1) is 20.5. The first-order valence-electron chi connectivity index (χ1n) is 17.0. The first kappa shape index (κ1) is 38.9. The molecule has 0 N–H and O–H groups in total. The SMILES string of the molecule is CCC1=[C](/[Zr+2](=[C](\C)c2ccc(C)cc2)[c]2c(C(C)(C)C)ccc3c2Cc2cc(C(C)(C)C)ccc2-3)C(CC)C=C1C(C)(C)C.[Cl-].[Cl-]. The fourth-order valence-corrected chi connectivity index (χ4v) is 17.5. The van der Waals surface area contributed by atoms with Gasteiger partial charge in [-0.2, -0.15) is 0 Å². The molecule has 0 spiro atoms. The van der Waals surface area contributed by atoms with E-state index in [0.717, 1.165) is 12.8 Å². The minimum Gasteiger partial charge on any atom is -1.00 e. The Hall–Kier alpha value is -1.53. The van der Waals surface area contributed by atoms with Crippen molar-refractivity contribution in [1.82, 2.24) is 0 Å². The van der Waals surface area contributed by atoms with E-state index in [1.54, 1.807) is 28.8 Å². The van der Waals surface area contributed by atoms with Crippen molar-refractivity contribution in [2.75, 3.05) is 0 Å². The maximum Gasteiger partial charge on any atom is -1.00 e. The van der Waals surface area contributed by atoms with Crippen molar-refractivity contribution < 1.29 is 46.1 Å². The molecule has 0 fully saturated rings. The molecular formula is C43H56Cl2Zr. The second kappa shape index (κ2) is 14.1. The molecule has 1 unspecified atom stereocenters. The van der Waals surface area contributed by atoms with E-state index in [1.165, 1.54) is 39.8 Å². The average molecular weight is 735 g/mol. The van der Waals surface area contributed by atoms with Gasteiger partial charge in [-0.05, 0) is 0 Å². The molecule has 0 saturated heterocycles. The van der Waals surface area contributed by atoms with Gasteiger partial charge in [0.1, 0.15) is 0 Å². The van der Waals surface area contributed by atoms with Gasteiger partial charge in [-0.25, -0.2) is 0 Å². The molecule has 0 nitrogen and oxygen atoms in total. The van der Waals surface area contributed by atoms with Crippen molar-refractivity contribution >= 4 is 6.48 Å². The molecule has 1 atom stereocenters. The van der Waals surface area contributed by atoms with E-state index in [9.17, 15) is 0 Å². The van der Waals surface area contributed by atoms with Gasteiger partial charge < -0.3 is 24.8 Å². The third-order valence-electron chi connectivity index (χ3n) is 10.1. The molecule has 2 aliphatic carbocycles. The summed E-state index contributed by atoms with van der Waals surface area (Å²) < 4.78 is 5.30. The van der Waals surface area contributed by atoms with E-state index in [0.29, 0.717) is 5.92 Å². The minimum absolute atomic E-state index is 0. The fourth-order valence-electron chi connectivity index (χ4n) is 7.62. The van der Waals surface area contributed by atoms with Crippen LogP contribution in [0.4, 0.5) is 0 Å². The fraction of sp³-hybridized carbons (Fsp3) is 0.465. The third kappa shape index (κ3) is 7.24. The molecule has 0 amide bonds. The van der Waals surface area contributed by atoms with Crippen molar-refractivity contribution in [2.45, 2.75) is 120 Å². The van der Waals surface area contributed by atoms with Gasteiger partial charge >= 0.3 is 279 Å². The summed E-state index contributed by atoms with van der Waals surface area (Å²) in [5.41, 5.74) is 15.6. The van der Waals surface area contributed by atoms with E-state index in [2.05, 4.69) is 151 Å². The molecule has 3 aromatic carbocycles. The average Bonchev–Trinajstić information content (AvgIpc) is 3.50. The van der Waals surface area contributed by atoms with Gasteiger partial charge in [0.15, 0.2) is 0 Å². The maximum absolute atomic E-state index is 2.73. The quantitative estimate of drug-likeness (QED) is 0.261. The standard InChI is InChI=1S/C21H25.C13H21.C9H10.2ClH.Zr/c1-20(2,3)16-7-9-18-14(12-16)11-15-13-17(21(4,5)6)8-10-19(15)18;1-6-10-8-11(7-2)12(9-10)13(3,4)5;1-3-9-6-4-8(2)5-7-9;;;/h7-10,12H,11H2,1-6H3;9-10H,6-7H2,1-5H3;4-7H,1-2H3;2*1H;/q;;;;;+2/p-2. The predicted octanol–water partition coefficient (Wildman–Crippen LogP) is 5.33. The second-order valence-electron chi connectivity index (χ2n) is 16.5. The maximum atomic E-state index is 2.70. The number of fused-ring (bicyclic) bond motifs is 3. The number of allylic oxidation sites excluding steroid dienone is 4. The molecule has 0 bridgehead atoms. The van der Waals surface area contributed by atoms with E-state index in [4.69, 9.17) is 0 Å². The van der Waals surface area contributed by atoms with Gasteiger partial charge in [0, 0.05) is 0 Å². The Morgan fingerprint density at radius 2 is 1.37 bits per heavy atom. The monoisotopic (exact) mass is 732 g/mol. The summed E-state index contributed by atoms with van der Waals surface area (Å²) in [4.78, 5) is 0. The molecule has 0 radical (unpaired) electrons. The molecule has 0 saturated carbocycles. The van der Waals surface area contributed by atoms with Gasteiger partial charge in [-0.1, -0.05) is 0 Å². The number of hydrogen-bond donors (Lipinski definition) is 0. The van der Waals surface area contributed by atoms with Crippen molar-refractivity contribution in [3.05, 3.63) is 108 Å². The molecule has 46 heavy (non-hydrogen) atoms. The zero-order valence-corrected chi connectivity index (χ0v) is 34.7. The van der Waals surface area contributed by atoms with Crippen LogP contribution in [0.15, 0.2) is 75.1 Å². The first-order valence-corrected chi connectivity index (χ1v) is 20.7. The number of benzene rings is 3. The molecule has 0 heterocycles. The Kier molecular flexibility index (Phi) is 12.0. The Bertz CT molecular complexity index is 1690. The largest absolute Gasteiger partial charge is 1.00 e. The number of aryl methyl sites for hydroxylation is 1. The number of rotatable bonds is 5. The van der Waals surface area contributed by atoms with E-state index in [-0.39, 0.29) is 41.1 Å². The number of halogens is 2. The minimum atomic E-state index is -2.73. The van der Waals surface area contributed by atoms with Gasteiger partial charge in [0.05, 0.1) is 0 Å². The van der Waals surface area contributed by atoms with Crippen LogP contribution < -0.4 is 28.1 Å². The Balaban J connectivity index is 0.00000288. The molecule has 0 aromatic heterocycles. The zero-order valence-electron chi connectivity index (χ0n) is 30.7. The van der Waals surface area contributed by atoms with Gasteiger partial charge in [0.2, 0.25) is 0 Å². The molecule has 2 aliphatic rings. The van der Waals surface area contributed by atoms with E-state index < -0.39 is 21.3 Å². The Labute approximate surface area is 301 Å². The van der Waals surface area contributed by atoms with Crippen LogP contribution in [0, 0.1) is 18.3 Å². The van der Waals surface area contributed by atoms with Crippen LogP contribution in [-0.2, 0) is 38.5 Å². The van der Waals surface area contributed by atoms with Crippen LogP contribution in [0.3, 0.4) is 0 Å². The van der Waals surface area contributed by atoms with Gasteiger partial charge in [-0.15, -0.1) is 0 Å².